The van der Waals surface area contributed by atoms with Gasteiger partial charge in [-0.05, 0) is 31.0 Å². The Labute approximate surface area is 95.5 Å². The number of hydrazine groups is 1. The van der Waals surface area contributed by atoms with Crippen molar-refractivity contribution in [2.75, 3.05) is 7.11 Å². The lowest BCUT2D eigenvalue weighted by atomic mass is 10.0. The van der Waals surface area contributed by atoms with Crippen LogP contribution in [0.2, 0.25) is 5.02 Å². The van der Waals surface area contributed by atoms with Gasteiger partial charge >= 0.3 is 0 Å². The van der Waals surface area contributed by atoms with Crippen LogP contribution in [0.1, 0.15) is 24.9 Å². The van der Waals surface area contributed by atoms with E-state index in [9.17, 15) is 0 Å². The lowest BCUT2D eigenvalue weighted by Gasteiger charge is -2.19. The van der Waals surface area contributed by atoms with Gasteiger partial charge in [-0.25, -0.2) is 0 Å². The van der Waals surface area contributed by atoms with Gasteiger partial charge in [-0.1, -0.05) is 23.7 Å². The summed E-state index contributed by atoms with van der Waals surface area (Å²) in [5.41, 5.74) is 3.90. The molecule has 0 aliphatic carbocycles. The molecule has 1 rings (SSSR count). The molecule has 0 bridgehead atoms. The molecule has 4 heteroatoms. The van der Waals surface area contributed by atoms with Gasteiger partial charge in [0.1, 0.15) is 0 Å². The molecule has 2 atom stereocenters. The number of halogens is 1. The summed E-state index contributed by atoms with van der Waals surface area (Å²) >= 11 is 5.82. The molecular weight excluding hydrogens is 212 g/mol. The van der Waals surface area contributed by atoms with Crippen LogP contribution in [-0.2, 0) is 4.74 Å². The summed E-state index contributed by atoms with van der Waals surface area (Å²) in [6.45, 7) is 2.01. The third-order valence-electron chi connectivity index (χ3n) is 2.44. The van der Waals surface area contributed by atoms with Gasteiger partial charge in [-0.2, -0.15) is 0 Å². The van der Waals surface area contributed by atoms with Crippen molar-refractivity contribution < 1.29 is 4.74 Å². The normalized spacial score (nSPS) is 14.9. The lowest BCUT2D eigenvalue weighted by molar-refractivity contribution is 0.100. The largest absolute Gasteiger partial charge is 0.382 e. The summed E-state index contributed by atoms with van der Waals surface area (Å²) in [7, 11) is 1.69. The molecule has 84 valence electrons. The third kappa shape index (κ3) is 3.80. The van der Waals surface area contributed by atoms with E-state index in [1.165, 1.54) is 0 Å². The Bertz CT molecular complexity index is 289. The predicted octanol–water partition coefficient (Wildman–Crippen LogP) is 2.27. The van der Waals surface area contributed by atoms with Gasteiger partial charge in [0.25, 0.3) is 0 Å². The number of nitrogens with one attached hydrogen (secondary N) is 1. The summed E-state index contributed by atoms with van der Waals surface area (Å²) < 4.78 is 5.21. The van der Waals surface area contributed by atoms with Gasteiger partial charge in [0.05, 0.1) is 6.10 Å². The molecular formula is C11H17ClN2O. The number of nitrogens with two attached hydrogens (primary N) is 1. The maximum absolute atomic E-state index is 5.82. The fraction of sp³-hybridized carbons (Fsp3) is 0.455. The van der Waals surface area contributed by atoms with Crippen LogP contribution in [-0.4, -0.2) is 13.2 Å². The molecule has 0 saturated heterocycles. The molecule has 0 spiro atoms. The minimum absolute atomic E-state index is 0.0946. The van der Waals surface area contributed by atoms with Gasteiger partial charge in [-0.15, -0.1) is 0 Å². The molecule has 0 aliphatic heterocycles. The molecule has 0 aromatic heterocycles. The van der Waals surface area contributed by atoms with Gasteiger partial charge < -0.3 is 4.74 Å². The Morgan fingerprint density at radius 1 is 1.40 bits per heavy atom. The molecule has 3 N–H and O–H groups in total. The van der Waals surface area contributed by atoms with E-state index < -0.39 is 0 Å². The lowest BCUT2D eigenvalue weighted by Crippen LogP contribution is -2.30. The molecule has 15 heavy (non-hydrogen) atoms. The standard InChI is InChI=1S/C11H17ClN2O/c1-8(15-2)7-11(14-13)9-3-5-10(12)6-4-9/h3-6,8,11,14H,7,13H2,1-2H3. The maximum atomic E-state index is 5.82. The monoisotopic (exact) mass is 228 g/mol. The summed E-state index contributed by atoms with van der Waals surface area (Å²) in [4.78, 5) is 0. The van der Waals surface area contributed by atoms with E-state index in [4.69, 9.17) is 22.2 Å². The topological polar surface area (TPSA) is 47.3 Å². The van der Waals surface area contributed by atoms with E-state index in [2.05, 4.69) is 5.43 Å². The van der Waals surface area contributed by atoms with Crippen molar-refractivity contribution in [1.82, 2.24) is 5.43 Å². The zero-order valence-electron chi connectivity index (χ0n) is 9.03. The highest BCUT2D eigenvalue weighted by molar-refractivity contribution is 6.30. The zero-order valence-corrected chi connectivity index (χ0v) is 9.79. The fourth-order valence-electron chi connectivity index (χ4n) is 1.42. The first-order valence-electron chi connectivity index (χ1n) is 4.91. The van der Waals surface area contributed by atoms with Crippen LogP contribution in [0, 0.1) is 0 Å². The SMILES string of the molecule is COC(C)CC(NN)c1ccc(Cl)cc1. The van der Waals surface area contributed by atoms with E-state index in [1.807, 2.05) is 31.2 Å². The first-order chi connectivity index (χ1) is 7.17. The van der Waals surface area contributed by atoms with Crippen LogP contribution in [0.15, 0.2) is 24.3 Å². The van der Waals surface area contributed by atoms with Crippen LogP contribution in [0.5, 0.6) is 0 Å². The van der Waals surface area contributed by atoms with E-state index in [1.54, 1.807) is 7.11 Å². The van der Waals surface area contributed by atoms with Gasteiger partial charge in [-0.3, -0.25) is 11.3 Å². The molecule has 3 nitrogen and oxygen atoms in total. The number of benzene rings is 1. The Morgan fingerprint density at radius 2 is 2.00 bits per heavy atom. The van der Waals surface area contributed by atoms with Crippen LogP contribution in [0.25, 0.3) is 0 Å². The first-order valence-corrected chi connectivity index (χ1v) is 5.29. The minimum Gasteiger partial charge on any atom is -0.382 e. The van der Waals surface area contributed by atoms with Crippen molar-refractivity contribution in [2.45, 2.75) is 25.5 Å². The highest BCUT2D eigenvalue weighted by Crippen LogP contribution is 2.20. The predicted molar refractivity (Wildman–Crippen MR) is 62.6 cm³/mol. The second-order valence-corrected chi connectivity index (χ2v) is 3.99. The number of rotatable bonds is 5. The quantitative estimate of drug-likeness (QED) is 0.601. The van der Waals surface area contributed by atoms with Crippen LogP contribution >= 0.6 is 11.6 Å². The van der Waals surface area contributed by atoms with E-state index in [0.717, 1.165) is 17.0 Å². The van der Waals surface area contributed by atoms with Crippen LogP contribution in [0.4, 0.5) is 0 Å². The molecule has 1 aromatic carbocycles. The average molecular weight is 229 g/mol. The second kappa shape index (κ2) is 6.08. The fourth-order valence-corrected chi connectivity index (χ4v) is 1.55. The van der Waals surface area contributed by atoms with Crippen LogP contribution in [0.3, 0.4) is 0 Å². The number of ether oxygens (including phenoxy) is 1. The summed E-state index contributed by atoms with van der Waals surface area (Å²) in [6.07, 6.45) is 0.996. The average Bonchev–Trinajstić information content (AvgIpc) is 2.27. The minimum atomic E-state index is 0.0946. The van der Waals surface area contributed by atoms with Gasteiger partial charge in [0.2, 0.25) is 0 Å². The molecule has 0 aliphatic rings. The molecule has 0 saturated carbocycles. The van der Waals surface area contributed by atoms with Crippen molar-refractivity contribution >= 4 is 11.6 Å². The zero-order chi connectivity index (χ0) is 11.3. The van der Waals surface area contributed by atoms with Crippen molar-refractivity contribution in [2.24, 2.45) is 5.84 Å². The van der Waals surface area contributed by atoms with Crippen molar-refractivity contribution in [3.63, 3.8) is 0 Å². The highest BCUT2D eigenvalue weighted by atomic mass is 35.5. The third-order valence-corrected chi connectivity index (χ3v) is 2.70. The number of hydrogen-bond donors (Lipinski definition) is 2. The smallest absolute Gasteiger partial charge is 0.0561 e. The van der Waals surface area contributed by atoms with Crippen molar-refractivity contribution in [3.8, 4) is 0 Å². The second-order valence-electron chi connectivity index (χ2n) is 3.55. The molecule has 0 radical (unpaired) electrons. The van der Waals surface area contributed by atoms with Crippen molar-refractivity contribution in [1.29, 1.82) is 0 Å². The number of hydrogen-bond acceptors (Lipinski definition) is 3. The molecule has 1 aromatic rings. The highest BCUT2D eigenvalue weighted by Gasteiger charge is 2.13. The summed E-state index contributed by atoms with van der Waals surface area (Å²) in [5, 5.41) is 0.731. The Hall–Kier alpha value is -0.610. The first kappa shape index (κ1) is 12.5. The Morgan fingerprint density at radius 3 is 2.47 bits per heavy atom. The van der Waals surface area contributed by atoms with Crippen molar-refractivity contribution in [3.05, 3.63) is 34.9 Å². The summed E-state index contributed by atoms with van der Waals surface area (Å²) in [6, 6.07) is 7.75. The molecule has 0 heterocycles. The molecule has 0 amide bonds. The van der Waals surface area contributed by atoms with E-state index >= 15 is 0 Å². The van der Waals surface area contributed by atoms with Gasteiger partial charge in [0.15, 0.2) is 0 Å². The maximum Gasteiger partial charge on any atom is 0.0561 e. The Kier molecular flexibility index (Phi) is 5.05. The van der Waals surface area contributed by atoms with Crippen LogP contribution < -0.4 is 11.3 Å². The molecule has 2 unspecified atom stereocenters. The summed E-state index contributed by atoms with van der Waals surface area (Å²) in [5.74, 6) is 5.51. The Balaban J connectivity index is 2.69. The van der Waals surface area contributed by atoms with Gasteiger partial charge in [0, 0.05) is 18.2 Å². The van der Waals surface area contributed by atoms with E-state index in [-0.39, 0.29) is 12.1 Å². The van der Waals surface area contributed by atoms with E-state index in [0.29, 0.717) is 0 Å². The number of methoxy groups -OCH3 is 1. The molecule has 0 fully saturated rings.